The summed E-state index contributed by atoms with van der Waals surface area (Å²) in [7, 11) is 0. The van der Waals surface area contributed by atoms with E-state index in [0.29, 0.717) is 17.0 Å². The summed E-state index contributed by atoms with van der Waals surface area (Å²) in [5.74, 6) is -0.415. The first-order valence-electron chi connectivity index (χ1n) is 6.00. The lowest BCUT2D eigenvalue weighted by molar-refractivity contribution is 0.145. The third kappa shape index (κ3) is 4.18. The number of halogens is 3. The standard InChI is InChI=1S/C15H15ClFNO.ClH/c16-13-7-6-11(17)9-12(13)15(18)14(19)8-10-4-2-1-3-5-10;/h1-7,9,14-15,19H,8,18H2;1H/t14-,15+;/m1./s1. The molecule has 2 aromatic rings. The van der Waals surface area contributed by atoms with Gasteiger partial charge in [-0.25, -0.2) is 4.39 Å². The summed E-state index contributed by atoms with van der Waals surface area (Å²) in [5.41, 5.74) is 7.35. The number of hydrogen-bond donors (Lipinski definition) is 2. The fourth-order valence-corrected chi connectivity index (χ4v) is 2.20. The number of nitrogens with two attached hydrogens (primary N) is 1. The molecule has 108 valence electrons. The van der Waals surface area contributed by atoms with Crippen LogP contribution in [0.4, 0.5) is 4.39 Å². The minimum Gasteiger partial charge on any atom is -0.391 e. The van der Waals surface area contributed by atoms with Gasteiger partial charge in [0.15, 0.2) is 0 Å². The molecule has 2 nitrogen and oxygen atoms in total. The van der Waals surface area contributed by atoms with Crippen LogP contribution in [0.5, 0.6) is 0 Å². The molecule has 2 aromatic carbocycles. The van der Waals surface area contributed by atoms with E-state index < -0.39 is 18.0 Å². The Labute approximate surface area is 128 Å². The first-order chi connectivity index (χ1) is 9.08. The minimum absolute atomic E-state index is 0. The van der Waals surface area contributed by atoms with Crippen molar-refractivity contribution in [3.05, 3.63) is 70.5 Å². The van der Waals surface area contributed by atoms with E-state index in [1.165, 1.54) is 18.2 Å². The zero-order valence-corrected chi connectivity index (χ0v) is 12.2. The Morgan fingerprint density at radius 3 is 2.45 bits per heavy atom. The summed E-state index contributed by atoms with van der Waals surface area (Å²) in [5, 5.41) is 10.5. The van der Waals surface area contributed by atoms with Crippen LogP contribution in [-0.4, -0.2) is 11.2 Å². The second-order valence-corrected chi connectivity index (χ2v) is 4.86. The van der Waals surface area contributed by atoms with E-state index >= 15 is 0 Å². The largest absolute Gasteiger partial charge is 0.391 e. The molecule has 2 rings (SSSR count). The summed E-state index contributed by atoms with van der Waals surface area (Å²) < 4.78 is 13.2. The monoisotopic (exact) mass is 315 g/mol. The topological polar surface area (TPSA) is 46.2 Å². The lowest BCUT2D eigenvalue weighted by atomic mass is 9.97. The molecule has 3 N–H and O–H groups in total. The maximum Gasteiger partial charge on any atom is 0.123 e. The van der Waals surface area contributed by atoms with E-state index in [1.54, 1.807) is 0 Å². The molecule has 0 fully saturated rings. The molecule has 2 atom stereocenters. The van der Waals surface area contributed by atoms with Crippen molar-refractivity contribution in [3.63, 3.8) is 0 Å². The molecule has 0 aliphatic carbocycles. The molecule has 0 spiro atoms. The minimum atomic E-state index is -0.818. The SMILES string of the molecule is Cl.N[C@@H](c1cc(F)ccc1Cl)[C@H](O)Cc1ccccc1. The third-order valence-electron chi connectivity index (χ3n) is 3.02. The highest BCUT2D eigenvalue weighted by atomic mass is 35.5. The summed E-state index contributed by atoms with van der Waals surface area (Å²) in [6.07, 6.45) is -0.420. The molecule has 0 radical (unpaired) electrons. The van der Waals surface area contributed by atoms with Crippen LogP contribution in [0.1, 0.15) is 17.2 Å². The van der Waals surface area contributed by atoms with Gasteiger partial charge in [0, 0.05) is 11.4 Å². The van der Waals surface area contributed by atoms with Gasteiger partial charge in [-0.05, 0) is 29.3 Å². The van der Waals surface area contributed by atoms with Crippen molar-refractivity contribution in [2.45, 2.75) is 18.6 Å². The van der Waals surface area contributed by atoms with Crippen LogP contribution in [0.15, 0.2) is 48.5 Å². The van der Waals surface area contributed by atoms with Gasteiger partial charge in [-0.1, -0.05) is 41.9 Å². The number of hydrogen-bond acceptors (Lipinski definition) is 2. The summed E-state index contributed by atoms with van der Waals surface area (Å²) >= 11 is 5.98. The Bertz CT molecular complexity index is 551. The number of rotatable bonds is 4. The molecule has 0 aromatic heterocycles. The molecule has 20 heavy (non-hydrogen) atoms. The predicted molar refractivity (Wildman–Crippen MR) is 81.7 cm³/mol. The lowest BCUT2D eigenvalue weighted by Crippen LogP contribution is -2.28. The summed E-state index contributed by atoms with van der Waals surface area (Å²) in [6, 6.07) is 12.8. The van der Waals surface area contributed by atoms with Crippen molar-refractivity contribution in [1.29, 1.82) is 0 Å². The average Bonchev–Trinajstić information content (AvgIpc) is 2.42. The molecule has 0 saturated carbocycles. The van der Waals surface area contributed by atoms with E-state index in [1.807, 2.05) is 30.3 Å². The molecular formula is C15H16Cl2FNO. The maximum absolute atomic E-state index is 13.2. The van der Waals surface area contributed by atoms with Crippen LogP contribution in [0, 0.1) is 5.82 Å². The molecule has 5 heteroatoms. The quantitative estimate of drug-likeness (QED) is 0.907. The van der Waals surface area contributed by atoms with Crippen LogP contribution < -0.4 is 5.73 Å². The molecular weight excluding hydrogens is 300 g/mol. The van der Waals surface area contributed by atoms with Crippen LogP contribution in [0.3, 0.4) is 0 Å². The van der Waals surface area contributed by atoms with Crippen LogP contribution in [0.2, 0.25) is 5.02 Å². The fraction of sp³-hybridized carbons (Fsp3) is 0.200. The van der Waals surface area contributed by atoms with Crippen molar-refractivity contribution in [1.82, 2.24) is 0 Å². The Balaban J connectivity index is 0.00000200. The Morgan fingerprint density at radius 1 is 1.15 bits per heavy atom. The van der Waals surface area contributed by atoms with Gasteiger partial charge in [0.05, 0.1) is 12.1 Å². The zero-order valence-electron chi connectivity index (χ0n) is 10.7. The second kappa shape index (κ2) is 7.60. The Kier molecular flexibility index (Phi) is 6.43. The molecule has 0 amide bonds. The average molecular weight is 316 g/mol. The predicted octanol–water partition coefficient (Wildman–Crippen LogP) is 3.50. The lowest BCUT2D eigenvalue weighted by Gasteiger charge is -2.20. The van der Waals surface area contributed by atoms with Crippen molar-refractivity contribution in [2.75, 3.05) is 0 Å². The van der Waals surface area contributed by atoms with E-state index in [4.69, 9.17) is 17.3 Å². The van der Waals surface area contributed by atoms with Gasteiger partial charge >= 0.3 is 0 Å². The van der Waals surface area contributed by atoms with Gasteiger partial charge in [0.25, 0.3) is 0 Å². The first-order valence-corrected chi connectivity index (χ1v) is 6.38. The normalized spacial score (nSPS) is 13.4. The summed E-state index contributed by atoms with van der Waals surface area (Å²) in [6.45, 7) is 0. The first kappa shape index (κ1) is 16.9. The molecule has 0 bridgehead atoms. The van der Waals surface area contributed by atoms with Crippen molar-refractivity contribution in [2.24, 2.45) is 5.73 Å². The van der Waals surface area contributed by atoms with Gasteiger partial charge in [-0.3, -0.25) is 0 Å². The third-order valence-corrected chi connectivity index (χ3v) is 3.36. The van der Waals surface area contributed by atoms with E-state index in [9.17, 15) is 9.50 Å². The molecule has 0 unspecified atom stereocenters. The van der Waals surface area contributed by atoms with Gasteiger partial charge in [0.1, 0.15) is 5.82 Å². The van der Waals surface area contributed by atoms with Gasteiger partial charge in [0.2, 0.25) is 0 Å². The molecule has 0 aliphatic heterocycles. The molecule has 0 saturated heterocycles. The van der Waals surface area contributed by atoms with Crippen molar-refractivity contribution < 1.29 is 9.50 Å². The maximum atomic E-state index is 13.2. The van der Waals surface area contributed by atoms with E-state index in [2.05, 4.69) is 0 Å². The smallest absolute Gasteiger partial charge is 0.123 e. The second-order valence-electron chi connectivity index (χ2n) is 4.45. The van der Waals surface area contributed by atoms with Crippen molar-refractivity contribution >= 4 is 24.0 Å². The van der Waals surface area contributed by atoms with Crippen LogP contribution in [0.25, 0.3) is 0 Å². The molecule has 0 heterocycles. The van der Waals surface area contributed by atoms with Gasteiger partial charge in [-0.15, -0.1) is 12.4 Å². The highest BCUT2D eigenvalue weighted by molar-refractivity contribution is 6.31. The van der Waals surface area contributed by atoms with Gasteiger partial charge < -0.3 is 10.8 Å². The van der Waals surface area contributed by atoms with Crippen LogP contribution in [-0.2, 0) is 6.42 Å². The van der Waals surface area contributed by atoms with Crippen LogP contribution >= 0.6 is 24.0 Å². The van der Waals surface area contributed by atoms with E-state index in [0.717, 1.165) is 5.56 Å². The summed E-state index contributed by atoms with van der Waals surface area (Å²) in [4.78, 5) is 0. The zero-order chi connectivity index (χ0) is 13.8. The highest BCUT2D eigenvalue weighted by Gasteiger charge is 2.20. The van der Waals surface area contributed by atoms with Gasteiger partial charge in [-0.2, -0.15) is 0 Å². The molecule has 0 aliphatic rings. The fourth-order valence-electron chi connectivity index (χ4n) is 1.96. The number of aliphatic hydroxyl groups is 1. The number of aliphatic hydroxyl groups excluding tert-OH is 1. The van der Waals surface area contributed by atoms with E-state index in [-0.39, 0.29) is 12.4 Å². The highest BCUT2D eigenvalue weighted by Crippen LogP contribution is 2.25. The number of benzene rings is 2. The Morgan fingerprint density at radius 2 is 1.80 bits per heavy atom. The Hall–Kier alpha value is -1.13. The van der Waals surface area contributed by atoms with Crippen molar-refractivity contribution in [3.8, 4) is 0 Å².